The molecule has 0 saturated carbocycles. The van der Waals surface area contributed by atoms with Crippen molar-refractivity contribution in [2.24, 2.45) is 3.77 Å². The highest BCUT2D eigenvalue weighted by atomic mass is 32.3. The molecule has 31 heavy (non-hydrogen) atoms. The largest absolute Gasteiger partial charge is 0.379 e. The van der Waals surface area contributed by atoms with Gasteiger partial charge in [0, 0.05) is 42.0 Å². The van der Waals surface area contributed by atoms with Gasteiger partial charge in [-0.25, -0.2) is 4.31 Å². The van der Waals surface area contributed by atoms with E-state index < -0.39 is 20.9 Å². The van der Waals surface area contributed by atoms with E-state index in [4.69, 9.17) is 9.47 Å². The van der Waals surface area contributed by atoms with Gasteiger partial charge in [0.2, 0.25) is 0 Å². The summed E-state index contributed by atoms with van der Waals surface area (Å²) < 4.78 is 43.4. The molecule has 2 saturated heterocycles. The second-order valence-corrected chi connectivity index (χ2v) is 10.6. The molecular formula is C21H25N3O5S2. The van der Waals surface area contributed by atoms with Crippen molar-refractivity contribution in [1.29, 1.82) is 0 Å². The Balaban J connectivity index is 1.79. The van der Waals surface area contributed by atoms with Crippen LogP contribution in [-0.4, -0.2) is 76.1 Å². The van der Waals surface area contributed by atoms with Crippen molar-refractivity contribution in [1.82, 2.24) is 9.21 Å². The first-order chi connectivity index (χ1) is 15.1. The van der Waals surface area contributed by atoms with Crippen molar-refractivity contribution in [2.45, 2.75) is 9.79 Å². The van der Waals surface area contributed by atoms with E-state index in [2.05, 4.69) is 3.77 Å². The monoisotopic (exact) mass is 463 g/mol. The SMILES string of the molecule is O=C(c1ccccc1[S@@](=NS(=O)(=O)c1ccccc1)N1CCOCC1)N1CCOCC1. The molecule has 0 N–H and O–H groups in total. The predicted octanol–water partition coefficient (Wildman–Crippen LogP) is 1.96. The van der Waals surface area contributed by atoms with Gasteiger partial charge in [0.25, 0.3) is 15.9 Å². The van der Waals surface area contributed by atoms with Gasteiger partial charge in [-0.2, -0.15) is 8.42 Å². The number of benzene rings is 2. The normalized spacial score (nSPS) is 19.3. The summed E-state index contributed by atoms with van der Waals surface area (Å²) in [7, 11) is -5.08. The van der Waals surface area contributed by atoms with Gasteiger partial charge < -0.3 is 14.4 Å². The molecule has 1 amide bonds. The van der Waals surface area contributed by atoms with Gasteiger partial charge in [-0.05, 0) is 24.3 Å². The third-order valence-corrected chi connectivity index (χ3v) is 8.86. The standard InChI is InChI=1S/C21H25N3O5S2/c25-21(23-10-14-28-15-11-23)19-8-4-5-9-20(19)30(24-12-16-29-17-13-24)22-31(26,27)18-6-2-1-3-7-18/h1-9H,10-17H2/t30-/m0/s1. The van der Waals surface area contributed by atoms with Crippen LogP contribution in [0, 0.1) is 0 Å². The number of rotatable bonds is 5. The molecule has 1 atom stereocenters. The molecule has 0 aromatic heterocycles. The van der Waals surface area contributed by atoms with Crippen LogP contribution in [0.15, 0.2) is 68.2 Å². The molecule has 8 nitrogen and oxygen atoms in total. The number of morpholine rings is 2. The fourth-order valence-corrected chi connectivity index (χ4v) is 7.03. The highest BCUT2D eigenvalue weighted by Gasteiger charge is 2.27. The van der Waals surface area contributed by atoms with E-state index in [0.29, 0.717) is 63.1 Å². The second kappa shape index (κ2) is 10.0. The number of hydrogen-bond acceptors (Lipinski definition) is 5. The molecule has 0 aliphatic carbocycles. The summed E-state index contributed by atoms with van der Waals surface area (Å²) in [5.74, 6) is -0.128. The molecule has 0 radical (unpaired) electrons. The minimum atomic E-state index is -3.91. The van der Waals surface area contributed by atoms with E-state index in [0.717, 1.165) is 0 Å². The maximum atomic E-state index is 13.3. The Bertz CT molecular complexity index is 1050. The van der Waals surface area contributed by atoms with Crippen molar-refractivity contribution in [3.8, 4) is 0 Å². The lowest BCUT2D eigenvalue weighted by Gasteiger charge is -2.31. The quantitative estimate of drug-likeness (QED) is 0.674. The summed E-state index contributed by atoms with van der Waals surface area (Å²) in [5, 5.41) is 0. The van der Waals surface area contributed by atoms with Crippen LogP contribution in [0.5, 0.6) is 0 Å². The van der Waals surface area contributed by atoms with Gasteiger partial charge in [0.15, 0.2) is 0 Å². The minimum absolute atomic E-state index is 0.128. The zero-order valence-corrected chi connectivity index (χ0v) is 18.7. The third-order valence-electron chi connectivity index (χ3n) is 5.04. The van der Waals surface area contributed by atoms with Crippen molar-refractivity contribution >= 4 is 26.8 Å². The molecule has 2 aliphatic heterocycles. The van der Waals surface area contributed by atoms with E-state index in [9.17, 15) is 13.2 Å². The van der Waals surface area contributed by atoms with Crippen LogP contribution >= 0.6 is 0 Å². The lowest BCUT2D eigenvalue weighted by molar-refractivity contribution is 0.0300. The van der Waals surface area contributed by atoms with Crippen LogP contribution in [0.4, 0.5) is 0 Å². The number of hydrogen-bond donors (Lipinski definition) is 0. The predicted molar refractivity (Wildman–Crippen MR) is 117 cm³/mol. The first-order valence-electron chi connectivity index (χ1n) is 10.1. The fraction of sp³-hybridized carbons (Fsp3) is 0.381. The molecule has 0 unspecified atom stereocenters. The second-order valence-electron chi connectivity index (χ2n) is 7.07. The van der Waals surface area contributed by atoms with E-state index >= 15 is 0 Å². The number of amides is 1. The van der Waals surface area contributed by atoms with Gasteiger partial charge in [-0.15, -0.1) is 3.77 Å². The zero-order valence-electron chi connectivity index (χ0n) is 17.1. The maximum Gasteiger partial charge on any atom is 0.289 e. The highest BCUT2D eigenvalue weighted by Crippen LogP contribution is 2.25. The van der Waals surface area contributed by atoms with Gasteiger partial charge in [-0.3, -0.25) is 4.79 Å². The Morgan fingerprint density at radius 1 is 0.839 bits per heavy atom. The Morgan fingerprint density at radius 2 is 1.42 bits per heavy atom. The first-order valence-corrected chi connectivity index (χ1v) is 12.7. The summed E-state index contributed by atoms with van der Waals surface area (Å²) in [6.45, 7) is 4.07. The molecule has 2 heterocycles. The van der Waals surface area contributed by atoms with Gasteiger partial charge in [0.05, 0.1) is 36.9 Å². The van der Waals surface area contributed by atoms with Crippen molar-refractivity contribution < 1.29 is 22.7 Å². The Hall–Kier alpha value is -2.11. The maximum absolute atomic E-state index is 13.3. The summed E-state index contributed by atoms with van der Waals surface area (Å²) in [4.78, 5) is 15.8. The van der Waals surface area contributed by atoms with Crippen molar-refractivity contribution in [2.75, 3.05) is 52.6 Å². The molecule has 2 aromatic rings. The highest BCUT2D eigenvalue weighted by molar-refractivity contribution is 7.99. The van der Waals surface area contributed by atoms with Crippen LogP contribution in [0.1, 0.15) is 10.4 Å². The zero-order chi connectivity index (χ0) is 21.7. The van der Waals surface area contributed by atoms with Crippen molar-refractivity contribution in [3.05, 3.63) is 60.2 Å². The smallest absolute Gasteiger partial charge is 0.289 e. The van der Waals surface area contributed by atoms with Gasteiger partial charge >= 0.3 is 0 Å². The molecule has 0 bridgehead atoms. The van der Waals surface area contributed by atoms with Crippen LogP contribution in [0.3, 0.4) is 0 Å². The minimum Gasteiger partial charge on any atom is -0.379 e. The molecule has 2 fully saturated rings. The van der Waals surface area contributed by atoms with Crippen LogP contribution in [0.25, 0.3) is 0 Å². The molecule has 0 spiro atoms. The Kier molecular flexibility index (Phi) is 7.13. The fourth-order valence-electron chi connectivity index (χ4n) is 3.41. The average Bonchev–Trinajstić information content (AvgIpc) is 2.84. The number of sulfonamides is 1. The summed E-state index contributed by atoms with van der Waals surface area (Å²) in [5.41, 5.74) is 0.478. The summed E-state index contributed by atoms with van der Waals surface area (Å²) in [6, 6.07) is 15.3. The average molecular weight is 464 g/mol. The summed E-state index contributed by atoms with van der Waals surface area (Å²) >= 11 is 0. The topological polar surface area (TPSA) is 88.5 Å². The van der Waals surface area contributed by atoms with Crippen molar-refractivity contribution in [3.63, 3.8) is 0 Å². The molecule has 2 aliphatic rings. The van der Waals surface area contributed by atoms with E-state index in [1.54, 1.807) is 41.3 Å². The Morgan fingerprint density at radius 3 is 2.10 bits per heavy atom. The lowest BCUT2D eigenvalue weighted by atomic mass is 10.2. The van der Waals surface area contributed by atoms with Gasteiger partial charge in [0.1, 0.15) is 0 Å². The first kappa shape index (κ1) is 22.1. The number of carbonyl (C=O) groups is 1. The van der Waals surface area contributed by atoms with E-state index in [1.807, 2.05) is 10.4 Å². The van der Waals surface area contributed by atoms with E-state index in [1.165, 1.54) is 12.1 Å². The van der Waals surface area contributed by atoms with Gasteiger partial charge in [-0.1, -0.05) is 30.3 Å². The third kappa shape index (κ3) is 5.21. The number of nitrogens with zero attached hydrogens (tertiary/aromatic N) is 3. The molecule has 4 rings (SSSR count). The number of ether oxygens (including phenoxy) is 2. The molecule has 2 aromatic carbocycles. The van der Waals surface area contributed by atoms with Crippen LogP contribution in [-0.2, 0) is 30.4 Å². The molecule has 10 heteroatoms. The summed E-state index contributed by atoms with van der Waals surface area (Å²) in [6.07, 6.45) is 0. The number of carbonyl (C=O) groups excluding carboxylic acids is 1. The molecule has 166 valence electrons. The lowest BCUT2D eigenvalue weighted by Crippen LogP contribution is -2.42. The van der Waals surface area contributed by atoms with Crippen LogP contribution < -0.4 is 0 Å². The Labute approximate surface area is 185 Å². The van der Waals surface area contributed by atoms with Crippen LogP contribution in [0.2, 0.25) is 0 Å². The molecular weight excluding hydrogens is 438 g/mol. The van der Waals surface area contributed by atoms with E-state index in [-0.39, 0.29) is 10.8 Å².